The summed E-state index contributed by atoms with van der Waals surface area (Å²) in [5, 5.41) is 20.6. The van der Waals surface area contributed by atoms with Crippen LogP contribution in [0.15, 0.2) is 29.6 Å². The molecular weight excluding hydrogens is 460 g/mol. The molecule has 1 aromatic heterocycles. The molecular formula is C24H34N2O7S. The van der Waals surface area contributed by atoms with Crippen LogP contribution in [0.4, 0.5) is 0 Å². The summed E-state index contributed by atoms with van der Waals surface area (Å²) < 4.78 is 16.5. The molecule has 0 amide bonds. The van der Waals surface area contributed by atoms with Gasteiger partial charge in [-0.2, -0.15) is 0 Å². The topological polar surface area (TPSA) is 118 Å². The van der Waals surface area contributed by atoms with Gasteiger partial charge in [-0.15, -0.1) is 11.3 Å². The molecule has 1 aromatic carbocycles. The summed E-state index contributed by atoms with van der Waals surface area (Å²) in [7, 11) is 4.95. The Morgan fingerprint density at radius 2 is 1.71 bits per heavy atom. The fourth-order valence-electron chi connectivity index (χ4n) is 3.88. The van der Waals surface area contributed by atoms with E-state index in [9.17, 15) is 0 Å². The number of hydrogen-bond acceptors (Lipinski definition) is 8. The van der Waals surface area contributed by atoms with Gasteiger partial charge in [0.05, 0.1) is 27.4 Å². The van der Waals surface area contributed by atoms with Gasteiger partial charge < -0.3 is 29.7 Å². The van der Waals surface area contributed by atoms with Gasteiger partial charge in [0.1, 0.15) is 0 Å². The van der Waals surface area contributed by atoms with Crippen molar-refractivity contribution in [2.24, 2.45) is 5.92 Å². The highest BCUT2D eigenvalue weighted by Crippen LogP contribution is 2.39. The van der Waals surface area contributed by atoms with E-state index in [1.807, 2.05) is 23.5 Å². The van der Waals surface area contributed by atoms with Gasteiger partial charge in [0.15, 0.2) is 11.5 Å². The lowest BCUT2D eigenvalue weighted by atomic mass is 9.97. The van der Waals surface area contributed by atoms with Crippen LogP contribution in [0.5, 0.6) is 17.2 Å². The van der Waals surface area contributed by atoms with E-state index in [0.717, 1.165) is 30.3 Å². The molecule has 0 bridgehead atoms. The summed E-state index contributed by atoms with van der Waals surface area (Å²) in [6.45, 7) is 6.33. The van der Waals surface area contributed by atoms with E-state index in [-0.39, 0.29) is 0 Å². The van der Waals surface area contributed by atoms with Crippen LogP contribution < -0.4 is 19.5 Å². The minimum Gasteiger partial charge on any atom is -0.493 e. The molecule has 1 aliphatic rings. The number of nitrogens with zero attached hydrogens (tertiary/aromatic N) is 1. The highest BCUT2D eigenvalue weighted by molar-refractivity contribution is 7.10. The molecule has 10 heteroatoms. The van der Waals surface area contributed by atoms with Crippen molar-refractivity contribution in [1.29, 1.82) is 0 Å². The van der Waals surface area contributed by atoms with Crippen molar-refractivity contribution in [3.63, 3.8) is 0 Å². The summed E-state index contributed by atoms with van der Waals surface area (Å²) in [5.74, 6) is -0.755. The predicted molar refractivity (Wildman–Crippen MR) is 130 cm³/mol. The maximum atomic E-state index is 9.10. The summed E-state index contributed by atoms with van der Waals surface area (Å²) in [5.41, 5.74) is 1.07. The van der Waals surface area contributed by atoms with Crippen molar-refractivity contribution in [2.75, 3.05) is 41.0 Å². The molecule has 1 atom stereocenters. The third kappa shape index (κ3) is 7.61. The number of carboxylic acids is 2. The lowest BCUT2D eigenvalue weighted by Gasteiger charge is -2.36. The largest absolute Gasteiger partial charge is 0.493 e. The van der Waals surface area contributed by atoms with E-state index in [2.05, 4.69) is 34.7 Å². The van der Waals surface area contributed by atoms with Crippen LogP contribution in [0.1, 0.15) is 36.2 Å². The lowest BCUT2D eigenvalue weighted by molar-refractivity contribution is -0.159. The third-order valence-corrected chi connectivity index (χ3v) is 6.73. The van der Waals surface area contributed by atoms with Gasteiger partial charge in [-0.05, 0) is 49.4 Å². The first-order valence-electron chi connectivity index (χ1n) is 11.0. The zero-order valence-electron chi connectivity index (χ0n) is 20.1. The molecule has 3 N–H and O–H groups in total. The molecule has 0 aliphatic carbocycles. The van der Waals surface area contributed by atoms with Gasteiger partial charge in [0, 0.05) is 23.5 Å². The van der Waals surface area contributed by atoms with Crippen LogP contribution in [-0.2, 0) is 16.1 Å². The molecule has 2 heterocycles. The quantitative estimate of drug-likeness (QED) is 0.450. The molecule has 1 fully saturated rings. The highest BCUT2D eigenvalue weighted by atomic mass is 32.1. The molecule has 1 aliphatic heterocycles. The Hall–Kier alpha value is -2.82. The third-order valence-electron chi connectivity index (χ3n) is 5.75. The maximum Gasteiger partial charge on any atom is 0.414 e. The van der Waals surface area contributed by atoms with E-state index in [0.29, 0.717) is 17.5 Å². The number of carboxylic acid groups (broad SMARTS) is 2. The molecule has 3 rings (SSSR count). The number of rotatable bonds is 9. The Kier molecular flexibility index (Phi) is 11.1. The van der Waals surface area contributed by atoms with Crippen molar-refractivity contribution in [3.8, 4) is 17.2 Å². The van der Waals surface area contributed by atoms with Crippen LogP contribution in [0.2, 0.25) is 0 Å². The summed E-state index contributed by atoms with van der Waals surface area (Å²) in [6.07, 6.45) is 2.57. The van der Waals surface area contributed by atoms with Crippen LogP contribution in [0.3, 0.4) is 0 Å². The van der Waals surface area contributed by atoms with E-state index >= 15 is 0 Å². The average Bonchev–Trinajstić information content (AvgIpc) is 3.37. The maximum absolute atomic E-state index is 9.10. The zero-order chi connectivity index (χ0) is 25.1. The normalized spacial score (nSPS) is 15.1. The van der Waals surface area contributed by atoms with Gasteiger partial charge in [-0.25, -0.2) is 9.59 Å². The fourth-order valence-corrected chi connectivity index (χ4v) is 4.74. The van der Waals surface area contributed by atoms with Crippen LogP contribution in [-0.4, -0.2) is 68.0 Å². The van der Waals surface area contributed by atoms with Crippen molar-refractivity contribution in [1.82, 2.24) is 10.2 Å². The van der Waals surface area contributed by atoms with Crippen LogP contribution >= 0.6 is 11.3 Å². The number of methoxy groups -OCH3 is 3. The fraction of sp³-hybridized carbons (Fsp3) is 0.500. The first-order valence-corrected chi connectivity index (χ1v) is 11.9. The SMILES string of the molecule is COc1ccc(CNCC(c2cccs2)N2CCC(C)CC2)c(OC)c1OC.O=C(O)C(=O)O. The average molecular weight is 495 g/mol. The second-order valence-electron chi connectivity index (χ2n) is 7.98. The van der Waals surface area contributed by atoms with Crippen molar-refractivity contribution < 1.29 is 34.0 Å². The van der Waals surface area contributed by atoms with Crippen molar-refractivity contribution in [2.45, 2.75) is 32.4 Å². The minimum absolute atomic E-state index is 0.415. The van der Waals surface area contributed by atoms with E-state index in [4.69, 9.17) is 34.0 Å². The minimum atomic E-state index is -1.82. The number of aliphatic carboxylic acids is 2. The van der Waals surface area contributed by atoms with Crippen LogP contribution in [0.25, 0.3) is 0 Å². The van der Waals surface area contributed by atoms with E-state index in [1.54, 1.807) is 21.3 Å². The first kappa shape index (κ1) is 27.4. The standard InChI is InChI=1S/C22H32N2O3S.C2H2O4/c1-16-9-11-24(12-10-16)18(20-6-5-13-28-20)15-23-14-17-7-8-19(25-2)22(27-4)21(17)26-3;3-1(4)2(5)6/h5-8,13,16,18,23H,9-12,14-15H2,1-4H3;(H,3,4)(H,5,6). The predicted octanol–water partition coefficient (Wildman–Crippen LogP) is 3.49. The molecule has 188 valence electrons. The Morgan fingerprint density at radius 1 is 1.06 bits per heavy atom. The molecule has 0 saturated carbocycles. The van der Waals surface area contributed by atoms with Crippen molar-refractivity contribution >= 4 is 23.3 Å². The van der Waals surface area contributed by atoms with Gasteiger partial charge in [0.2, 0.25) is 5.75 Å². The van der Waals surface area contributed by atoms with Gasteiger partial charge in [0.25, 0.3) is 0 Å². The lowest BCUT2D eigenvalue weighted by Crippen LogP contribution is -2.40. The molecule has 2 aromatic rings. The Morgan fingerprint density at radius 3 is 2.21 bits per heavy atom. The molecule has 0 radical (unpaired) electrons. The molecule has 1 unspecified atom stereocenters. The zero-order valence-corrected chi connectivity index (χ0v) is 20.9. The smallest absolute Gasteiger partial charge is 0.414 e. The van der Waals surface area contributed by atoms with Gasteiger partial charge >= 0.3 is 11.9 Å². The number of thiophene rings is 1. The Labute approximate surface area is 204 Å². The number of carbonyl (C=O) groups is 2. The second-order valence-corrected chi connectivity index (χ2v) is 8.96. The molecule has 34 heavy (non-hydrogen) atoms. The first-order chi connectivity index (χ1) is 16.3. The second kappa shape index (κ2) is 13.8. The van der Waals surface area contributed by atoms with Gasteiger partial charge in [-0.1, -0.05) is 19.1 Å². The van der Waals surface area contributed by atoms with E-state index in [1.165, 1.54) is 30.8 Å². The summed E-state index contributed by atoms with van der Waals surface area (Å²) >= 11 is 1.85. The number of ether oxygens (including phenoxy) is 3. The van der Waals surface area contributed by atoms with Gasteiger partial charge in [-0.3, -0.25) is 4.90 Å². The Bertz CT molecular complexity index is 900. The van der Waals surface area contributed by atoms with E-state index < -0.39 is 11.9 Å². The molecule has 9 nitrogen and oxygen atoms in total. The molecule has 1 saturated heterocycles. The summed E-state index contributed by atoms with van der Waals surface area (Å²) in [6, 6.07) is 8.79. The van der Waals surface area contributed by atoms with Crippen LogP contribution in [0, 0.1) is 5.92 Å². The summed E-state index contributed by atoms with van der Waals surface area (Å²) in [4.78, 5) is 22.3. The number of hydrogen-bond donors (Lipinski definition) is 3. The number of benzene rings is 1. The molecule has 0 spiro atoms. The highest BCUT2D eigenvalue weighted by Gasteiger charge is 2.25. The number of piperidine rings is 1. The number of nitrogens with one attached hydrogen (secondary N) is 1. The monoisotopic (exact) mass is 494 g/mol. The van der Waals surface area contributed by atoms with Crippen molar-refractivity contribution in [3.05, 3.63) is 40.1 Å². The number of likely N-dealkylation sites (tertiary alicyclic amines) is 1. The Balaban J connectivity index is 0.000000604.